The molecule has 5 nitrogen and oxygen atoms in total. The van der Waals surface area contributed by atoms with Crippen LogP contribution in [-0.4, -0.2) is 25.7 Å². The SMILES string of the molecule is CCCCC(CC)COc1cc(N2c3ccc(cc3)CC2CC)c(C)cc1N=Nc1ccc(N(CC(CC)CCCC)CC(CC)CCCC)cc1C. The van der Waals surface area contributed by atoms with Gasteiger partial charge in [0.1, 0.15) is 11.4 Å². The minimum absolute atomic E-state index is 0.399. The van der Waals surface area contributed by atoms with Crippen LogP contribution in [0.4, 0.5) is 28.4 Å². The number of nitrogens with zero attached hydrogens (tertiary/aromatic N) is 4. The molecule has 2 bridgehead atoms. The van der Waals surface area contributed by atoms with E-state index in [9.17, 15) is 0 Å². The van der Waals surface area contributed by atoms with Crippen molar-refractivity contribution in [2.24, 2.45) is 28.0 Å². The minimum atomic E-state index is 0.399. The Morgan fingerprint density at radius 2 is 1.26 bits per heavy atom. The molecule has 0 saturated carbocycles. The first-order valence-corrected chi connectivity index (χ1v) is 21.7. The zero-order valence-corrected chi connectivity index (χ0v) is 35.2. The van der Waals surface area contributed by atoms with E-state index < -0.39 is 0 Å². The molecule has 2 aliphatic heterocycles. The predicted molar refractivity (Wildman–Crippen MR) is 231 cm³/mol. The summed E-state index contributed by atoms with van der Waals surface area (Å²) in [5.41, 5.74) is 9.26. The van der Waals surface area contributed by atoms with Gasteiger partial charge in [-0.1, -0.05) is 118 Å². The van der Waals surface area contributed by atoms with E-state index in [4.69, 9.17) is 15.0 Å². The largest absolute Gasteiger partial charge is 0.491 e. The van der Waals surface area contributed by atoms with Crippen LogP contribution >= 0.6 is 0 Å². The van der Waals surface area contributed by atoms with Gasteiger partial charge in [-0.2, -0.15) is 5.11 Å². The maximum absolute atomic E-state index is 6.74. The summed E-state index contributed by atoms with van der Waals surface area (Å²) in [5.74, 6) is 2.80. The fraction of sp³-hybridized carbons (Fsp3) is 0.625. The number of unbranched alkanes of at least 4 members (excludes halogenated alkanes) is 3. The van der Waals surface area contributed by atoms with Gasteiger partial charge in [0.15, 0.2) is 0 Å². The van der Waals surface area contributed by atoms with Crippen molar-refractivity contribution in [3.05, 3.63) is 71.3 Å². The molecule has 292 valence electrons. The van der Waals surface area contributed by atoms with Gasteiger partial charge in [-0.15, -0.1) is 5.11 Å². The van der Waals surface area contributed by atoms with Crippen molar-refractivity contribution in [3.63, 3.8) is 0 Å². The summed E-state index contributed by atoms with van der Waals surface area (Å²) in [6, 6.07) is 20.8. The van der Waals surface area contributed by atoms with Gasteiger partial charge in [-0.25, -0.2) is 0 Å². The number of anilines is 3. The smallest absolute Gasteiger partial charge is 0.148 e. The first-order valence-electron chi connectivity index (χ1n) is 21.7. The second-order valence-corrected chi connectivity index (χ2v) is 16.0. The Bertz CT molecular complexity index is 1510. The van der Waals surface area contributed by atoms with E-state index >= 15 is 0 Å². The van der Waals surface area contributed by atoms with Crippen molar-refractivity contribution in [2.45, 2.75) is 158 Å². The van der Waals surface area contributed by atoms with E-state index in [1.807, 2.05) is 0 Å². The van der Waals surface area contributed by atoms with Crippen LogP contribution < -0.4 is 14.5 Å². The molecule has 2 heterocycles. The quantitative estimate of drug-likeness (QED) is 0.0864. The van der Waals surface area contributed by atoms with Gasteiger partial charge >= 0.3 is 0 Å². The first kappa shape index (κ1) is 42.4. The average Bonchev–Trinajstić information content (AvgIpc) is 3.46. The van der Waals surface area contributed by atoms with E-state index in [2.05, 4.69) is 127 Å². The second kappa shape index (κ2) is 22.1. The Labute approximate surface area is 325 Å². The molecule has 3 aromatic rings. The molecule has 4 unspecified atom stereocenters. The average molecular weight is 723 g/mol. The van der Waals surface area contributed by atoms with Crippen molar-refractivity contribution in [1.29, 1.82) is 0 Å². The van der Waals surface area contributed by atoms with Crippen LogP contribution in [0.1, 0.15) is 149 Å². The third kappa shape index (κ3) is 12.1. The fourth-order valence-electron chi connectivity index (χ4n) is 8.05. The molecule has 0 amide bonds. The summed E-state index contributed by atoms with van der Waals surface area (Å²) in [6.45, 7) is 23.6. The molecule has 0 fully saturated rings. The van der Waals surface area contributed by atoms with Gasteiger partial charge in [-0.3, -0.25) is 0 Å². The Morgan fingerprint density at radius 3 is 1.81 bits per heavy atom. The third-order valence-electron chi connectivity index (χ3n) is 11.9. The van der Waals surface area contributed by atoms with Gasteiger partial charge < -0.3 is 14.5 Å². The number of azo groups is 1. The van der Waals surface area contributed by atoms with Crippen LogP contribution in [0.3, 0.4) is 0 Å². The van der Waals surface area contributed by atoms with Crippen molar-refractivity contribution in [3.8, 4) is 5.75 Å². The van der Waals surface area contributed by atoms with Crippen LogP contribution in [-0.2, 0) is 6.42 Å². The topological polar surface area (TPSA) is 40.4 Å². The molecule has 5 heteroatoms. The highest BCUT2D eigenvalue weighted by Crippen LogP contribution is 2.42. The number of rotatable bonds is 24. The molecule has 0 aromatic heterocycles. The van der Waals surface area contributed by atoms with Gasteiger partial charge in [0.25, 0.3) is 0 Å². The maximum Gasteiger partial charge on any atom is 0.148 e. The van der Waals surface area contributed by atoms with E-state index in [-0.39, 0.29) is 0 Å². The lowest BCUT2D eigenvalue weighted by atomic mass is 9.95. The fourth-order valence-corrected chi connectivity index (χ4v) is 8.05. The summed E-state index contributed by atoms with van der Waals surface area (Å²) < 4.78 is 6.74. The zero-order chi connectivity index (χ0) is 38.2. The summed E-state index contributed by atoms with van der Waals surface area (Å²) in [5, 5.41) is 9.87. The third-order valence-corrected chi connectivity index (χ3v) is 11.9. The van der Waals surface area contributed by atoms with Crippen LogP contribution in [0.2, 0.25) is 0 Å². The van der Waals surface area contributed by atoms with Gasteiger partial charge in [0, 0.05) is 42.3 Å². The van der Waals surface area contributed by atoms with E-state index in [0.29, 0.717) is 18.6 Å². The van der Waals surface area contributed by atoms with Gasteiger partial charge in [0.05, 0.1) is 12.3 Å². The number of benzene rings is 3. The number of aryl methyl sites for hydroxylation is 2. The lowest BCUT2D eigenvalue weighted by molar-refractivity contribution is 0.234. The zero-order valence-electron chi connectivity index (χ0n) is 35.2. The predicted octanol–water partition coefficient (Wildman–Crippen LogP) is 15.0. The second-order valence-electron chi connectivity index (χ2n) is 16.0. The van der Waals surface area contributed by atoms with Crippen molar-refractivity contribution < 1.29 is 4.74 Å². The Balaban J connectivity index is 1.67. The number of hydrogen-bond acceptors (Lipinski definition) is 5. The van der Waals surface area contributed by atoms with Crippen molar-refractivity contribution in [1.82, 2.24) is 0 Å². The minimum Gasteiger partial charge on any atom is -0.491 e. The molecule has 0 saturated heterocycles. The van der Waals surface area contributed by atoms with Crippen molar-refractivity contribution >= 4 is 28.4 Å². The molecule has 5 rings (SSSR count). The van der Waals surface area contributed by atoms with Crippen LogP contribution in [0, 0.1) is 31.6 Å². The Morgan fingerprint density at radius 1 is 0.679 bits per heavy atom. The molecular formula is C48H74N4O. The molecular weight excluding hydrogens is 649 g/mol. The highest BCUT2D eigenvalue weighted by Gasteiger charge is 2.26. The molecule has 0 aliphatic carbocycles. The molecule has 0 radical (unpaired) electrons. The van der Waals surface area contributed by atoms with Gasteiger partial charge in [-0.05, 0) is 117 Å². The lowest BCUT2D eigenvalue weighted by Gasteiger charge is -2.33. The monoisotopic (exact) mass is 723 g/mol. The number of hydrogen-bond donors (Lipinski definition) is 0. The number of fused-ring (bicyclic) bond motifs is 4. The normalized spacial score (nSPS) is 15.9. The molecule has 3 aromatic carbocycles. The highest BCUT2D eigenvalue weighted by atomic mass is 16.5. The van der Waals surface area contributed by atoms with E-state index in [0.717, 1.165) is 61.3 Å². The van der Waals surface area contributed by atoms with Crippen LogP contribution in [0.15, 0.2) is 64.8 Å². The molecule has 4 atom stereocenters. The first-order chi connectivity index (χ1) is 25.8. The van der Waals surface area contributed by atoms with E-state index in [1.54, 1.807) is 0 Å². The highest BCUT2D eigenvalue weighted by molar-refractivity contribution is 5.74. The summed E-state index contributed by atoms with van der Waals surface area (Å²) in [7, 11) is 0. The molecule has 2 aliphatic rings. The van der Waals surface area contributed by atoms with Crippen LogP contribution in [0.25, 0.3) is 0 Å². The molecule has 0 spiro atoms. The summed E-state index contributed by atoms with van der Waals surface area (Å²) in [4.78, 5) is 5.22. The molecule has 0 N–H and O–H groups in total. The summed E-state index contributed by atoms with van der Waals surface area (Å²) >= 11 is 0. The van der Waals surface area contributed by atoms with E-state index in [1.165, 1.54) is 104 Å². The van der Waals surface area contributed by atoms with Crippen LogP contribution in [0.5, 0.6) is 5.75 Å². The standard InChI is InChI=1S/C48H74N4O/c1-10-17-20-38(13-4)33-51(34-39(14-5)21-18-11-2)44-27-28-45(36(8)29-44)49-50-46-30-37(9)47(32-48(46)53-35-40(15-6)22-19-12-3)52-42(16-7)31-41-23-25-43(52)26-24-41/h23-30,32,38-40,42H,10-22,31,33-35H2,1-9H3. The lowest BCUT2D eigenvalue weighted by Crippen LogP contribution is -2.34. The Kier molecular flexibility index (Phi) is 17.7. The Hall–Kier alpha value is -3.34. The maximum atomic E-state index is 6.74. The van der Waals surface area contributed by atoms with Gasteiger partial charge in [0.2, 0.25) is 0 Å². The number of ether oxygens (including phenoxy) is 1. The molecule has 53 heavy (non-hydrogen) atoms. The van der Waals surface area contributed by atoms with Crippen molar-refractivity contribution in [2.75, 3.05) is 29.5 Å². The summed E-state index contributed by atoms with van der Waals surface area (Å²) in [6.07, 6.45) is 17.1.